The number of piperidine rings is 1. The summed E-state index contributed by atoms with van der Waals surface area (Å²) in [6.07, 6.45) is 1.23. The van der Waals surface area contributed by atoms with Gasteiger partial charge in [0.05, 0.1) is 0 Å². The Morgan fingerprint density at radius 2 is 2.00 bits per heavy atom. The van der Waals surface area contributed by atoms with Gasteiger partial charge in [-0.2, -0.15) is 0 Å². The van der Waals surface area contributed by atoms with Gasteiger partial charge in [-0.25, -0.2) is 4.68 Å². The number of aromatic nitrogens is 4. The number of nitrogens with zero attached hydrogens (tertiary/aromatic N) is 5. The van der Waals surface area contributed by atoms with Gasteiger partial charge in [-0.3, -0.25) is 9.59 Å². The highest BCUT2D eigenvalue weighted by Crippen LogP contribution is 2.19. The number of hydrogen-bond acceptors (Lipinski definition) is 6. The van der Waals surface area contributed by atoms with Crippen molar-refractivity contribution in [1.29, 1.82) is 0 Å². The van der Waals surface area contributed by atoms with Crippen molar-refractivity contribution < 1.29 is 9.59 Å². The fraction of sp³-hybridized carbons (Fsp3) is 0.438. The van der Waals surface area contributed by atoms with Crippen LogP contribution in [-0.4, -0.2) is 50.0 Å². The molecule has 1 saturated heterocycles. The second kappa shape index (κ2) is 8.13. The van der Waals surface area contributed by atoms with Crippen LogP contribution in [0.3, 0.4) is 0 Å². The van der Waals surface area contributed by atoms with Gasteiger partial charge in [-0.1, -0.05) is 34.9 Å². The Hall–Kier alpha value is -2.68. The smallest absolute Gasteiger partial charge is 0.244 e. The molecule has 1 fully saturated rings. The summed E-state index contributed by atoms with van der Waals surface area (Å²) >= 11 is 6.10. The van der Waals surface area contributed by atoms with Gasteiger partial charge in [0.25, 0.3) is 0 Å². The second-order valence-corrected chi connectivity index (χ2v) is 6.57. The van der Waals surface area contributed by atoms with E-state index in [1.165, 1.54) is 4.68 Å². The van der Waals surface area contributed by atoms with Gasteiger partial charge in [0.1, 0.15) is 6.54 Å². The number of anilines is 1. The maximum absolute atomic E-state index is 12.4. The van der Waals surface area contributed by atoms with Crippen LogP contribution in [0.1, 0.15) is 18.4 Å². The molecule has 0 aliphatic carbocycles. The quantitative estimate of drug-likeness (QED) is 0.781. The van der Waals surface area contributed by atoms with Crippen LogP contribution >= 0.6 is 11.6 Å². The number of nitrogen functional groups attached to an aromatic ring is 1. The SMILES string of the molecule is Nc1nnnn1CC(=O)N1CCC(C(=O)NCc2ccccc2Cl)CC1. The Morgan fingerprint density at radius 1 is 1.27 bits per heavy atom. The zero-order chi connectivity index (χ0) is 18.5. The van der Waals surface area contributed by atoms with E-state index in [4.69, 9.17) is 17.3 Å². The molecule has 1 aromatic carbocycles. The molecule has 2 aromatic rings. The maximum Gasteiger partial charge on any atom is 0.244 e. The fourth-order valence-electron chi connectivity index (χ4n) is 2.91. The summed E-state index contributed by atoms with van der Waals surface area (Å²) < 4.78 is 1.25. The first-order valence-electron chi connectivity index (χ1n) is 8.35. The topological polar surface area (TPSA) is 119 Å². The Kier molecular flexibility index (Phi) is 5.67. The van der Waals surface area contributed by atoms with E-state index in [1.807, 2.05) is 18.2 Å². The normalized spacial score (nSPS) is 15.0. The summed E-state index contributed by atoms with van der Waals surface area (Å²) in [6.45, 7) is 1.44. The van der Waals surface area contributed by atoms with Crippen molar-refractivity contribution in [3.05, 3.63) is 34.9 Å². The van der Waals surface area contributed by atoms with Gasteiger partial charge < -0.3 is 16.0 Å². The summed E-state index contributed by atoms with van der Waals surface area (Å²) in [4.78, 5) is 26.3. The largest absolute Gasteiger partial charge is 0.367 e. The number of benzene rings is 1. The maximum atomic E-state index is 12.4. The van der Waals surface area contributed by atoms with E-state index in [2.05, 4.69) is 20.8 Å². The predicted molar refractivity (Wildman–Crippen MR) is 94.8 cm³/mol. The predicted octanol–water partition coefficient (Wildman–Crippen LogP) is 0.464. The molecule has 26 heavy (non-hydrogen) atoms. The summed E-state index contributed by atoms with van der Waals surface area (Å²) in [5.74, 6) is -0.132. The molecule has 0 bridgehead atoms. The summed E-state index contributed by atoms with van der Waals surface area (Å²) in [5, 5.41) is 14.2. The third-order valence-corrected chi connectivity index (χ3v) is 4.84. The molecule has 0 spiro atoms. The molecule has 138 valence electrons. The number of likely N-dealkylation sites (tertiary alicyclic amines) is 1. The molecule has 2 heterocycles. The minimum absolute atomic E-state index is 0.00219. The lowest BCUT2D eigenvalue weighted by molar-refractivity contribution is -0.136. The zero-order valence-corrected chi connectivity index (χ0v) is 14.9. The van der Waals surface area contributed by atoms with Crippen molar-refractivity contribution in [3.8, 4) is 0 Å². The molecule has 9 nitrogen and oxygen atoms in total. The van der Waals surface area contributed by atoms with Crippen LogP contribution in [0.5, 0.6) is 0 Å². The van der Waals surface area contributed by atoms with Crippen molar-refractivity contribution in [3.63, 3.8) is 0 Å². The molecule has 3 rings (SSSR count). The van der Waals surface area contributed by atoms with Crippen LogP contribution in [0.25, 0.3) is 0 Å². The molecule has 1 aliphatic heterocycles. The highest BCUT2D eigenvalue weighted by Gasteiger charge is 2.27. The number of hydrogen-bond donors (Lipinski definition) is 2. The number of nitrogens with one attached hydrogen (secondary N) is 1. The monoisotopic (exact) mass is 377 g/mol. The van der Waals surface area contributed by atoms with Crippen molar-refractivity contribution in [1.82, 2.24) is 30.4 Å². The van der Waals surface area contributed by atoms with Gasteiger partial charge in [0, 0.05) is 30.6 Å². The van der Waals surface area contributed by atoms with Crippen LogP contribution in [-0.2, 0) is 22.7 Å². The van der Waals surface area contributed by atoms with Gasteiger partial charge in [-0.15, -0.1) is 0 Å². The van der Waals surface area contributed by atoms with E-state index in [1.54, 1.807) is 11.0 Å². The Balaban J connectivity index is 1.45. The number of tetrazole rings is 1. The number of carbonyl (C=O) groups is 2. The fourth-order valence-corrected chi connectivity index (χ4v) is 3.11. The number of halogens is 1. The van der Waals surface area contributed by atoms with Gasteiger partial charge >= 0.3 is 0 Å². The van der Waals surface area contributed by atoms with E-state index in [-0.39, 0.29) is 30.2 Å². The van der Waals surface area contributed by atoms with Gasteiger partial charge in [0.2, 0.25) is 17.8 Å². The summed E-state index contributed by atoms with van der Waals surface area (Å²) in [6, 6.07) is 7.41. The number of amides is 2. The third-order valence-electron chi connectivity index (χ3n) is 4.47. The van der Waals surface area contributed by atoms with E-state index < -0.39 is 0 Å². The molecule has 2 amide bonds. The minimum atomic E-state index is -0.112. The van der Waals surface area contributed by atoms with E-state index >= 15 is 0 Å². The highest BCUT2D eigenvalue weighted by atomic mass is 35.5. The highest BCUT2D eigenvalue weighted by molar-refractivity contribution is 6.31. The van der Waals surface area contributed by atoms with E-state index in [9.17, 15) is 9.59 Å². The summed E-state index contributed by atoms with van der Waals surface area (Å²) in [5.41, 5.74) is 6.45. The average molecular weight is 378 g/mol. The van der Waals surface area contributed by atoms with Crippen LogP contribution < -0.4 is 11.1 Å². The zero-order valence-electron chi connectivity index (χ0n) is 14.1. The molecule has 1 aromatic heterocycles. The van der Waals surface area contributed by atoms with Crippen LogP contribution in [0.15, 0.2) is 24.3 Å². The Labute approximate surface area is 155 Å². The number of carbonyl (C=O) groups excluding carboxylic acids is 2. The van der Waals surface area contributed by atoms with Gasteiger partial charge in [0.15, 0.2) is 0 Å². The minimum Gasteiger partial charge on any atom is -0.367 e. The standard InChI is InChI=1S/C16H20ClN7O2/c17-13-4-2-1-3-12(13)9-19-15(26)11-5-7-23(8-6-11)14(25)10-24-16(18)20-21-22-24/h1-4,11H,5-10H2,(H,19,26)(H2,18,20,22). The van der Waals surface area contributed by atoms with Crippen molar-refractivity contribution in [2.24, 2.45) is 5.92 Å². The lowest BCUT2D eigenvalue weighted by Gasteiger charge is -2.31. The van der Waals surface area contributed by atoms with E-state index in [0.29, 0.717) is 37.5 Å². The van der Waals surface area contributed by atoms with Crippen LogP contribution in [0, 0.1) is 5.92 Å². The number of nitrogens with two attached hydrogens (primary N) is 1. The van der Waals surface area contributed by atoms with Gasteiger partial charge in [-0.05, 0) is 34.9 Å². The number of rotatable bonds is 5. The van der Waals surface area contributed by atoms with Crippen LogP contribution in [0.4, 0.5) is 5.95 Å². The molecule has 0 saturated carbocycles. The molecule has 1 aliphatic rings. The van der Waals surface area contributed by atoms with E-state index in [0.717, 1.165) is 5.56 Å². The molecule has 10 heteroatoms. The van der Waals surface area contributed by atoms with Crippen molar-refractivity contribution in [2.75, 3.05) is 18.8 Å². The van der Waals surface area contributed by atoms with Crippen LogP contribution in [0.2, 0.25) is 5.02 Å². The first-order chi connectivity index (χ1) is 12.5. The molecule has 0 atom stereocenters. The lowest BCUT2D eigenvalue weighted by Crippen LogP contribution is -2.44. The van der Waals surface area contributed by atoms with Crippen molar-refractivity contribution in [2.45, 2.75) is 25.9 Å². The first-order valence-corrected chi connectivity index (χ1v) is 8.73. The van der Waals surface area contributed by atoms with Crippen molar-refractivity contribution >= 4 is 29.4 Å². The molecular formula is C16H20ClN7O2. The second-order valence-electron chi connectivity index (χ2n) is 6.16. The molecule has 0 unspecified atom stereocenters. The Morgan fingerprint density at radius 3 is 2.65 bits per heavy atom. The lowest BCUT2D eigenvalue weighted by atomic mass is 9.95. The third kappa shape index (κ3) is 4.29. The molecular weight excluding hydrogens is 358 g/mol. The summed E-state index contributed by atoms with van der Waals surface area (Å²) in [7, 11) is 0. The Bertz CT molecular complexity index is 786. The molecule has 3 N–H and O–H groups in total. The first kappa shape index (κ1) is 18.1. The average Bonchev–Trinajstić information content (AvgIpc) is 3.05. The molecule has 0 radical (unpaired) electrons.